The summed E-state index contributed by atoms with van der Waals surface area (Å²) in [7, 11) is -2.04. The highest BCUT2D eigenvalue weighted by Gasteiger charge is 2.32. The van der Waals surface area contributed by atoms with Crippen molar-refractivity contribution in [1.29, 1.82) is 0 Å². The van der Waals surface area contributed by atoms with E-state index in [0.717, 1.165) is 16.3 Å². The lowest BCUT2D eigenvalue weighted by molar-refractivity contribution is -0.120. The zero-order chi connectivity index (χ0) is 21.6. The van der Waals surface area contributed by atoms with E-state index in [4.69, 9.17) is 4.74 Å². The van der Waals surface area contributed by atoms with Crippen LogP contribution in [0.3, 0.4) is 0 Å². The first-order valence-corrected chi connectivity index (χ1v) is 12.2. The molecule has 2 aromatic carbocycles. The van der Waals surface area contributed by atoms with Gasteiger partial charge in [0.25, 0.3) is 0 Å². The van der Waals surface area contributed by atoms with Gasteiger partial charge >= 0.3 is 0 Å². The number of nitrogens with one attached hydrogen (secondary N) is 1. The molecule has 0 radical (unpaired) electrons. The number of para-hydroxylation sites is 1. The van der Waals surface area contributed by atoms with Crippen LogP contribution in [0, 0.1) is 5.92 Å². The maximum atomic E-state index is 12.9. The highest BCUT2D eigenvalue weighted by atomic mass is 32.2. The summed E-state index contributed by atoms with van der Waals surface area (Å²) in [6.45, 7) is 4.37. The fraction of sp³-hybridized carbons (Fsp3) is 0.318. The molecule has 3 rings (SSSR count). The summed E-state index contributed by atoms with van der Waals surface area (Å²) < 4.78 is 32.3. The number of hydrogen-bond donors (Lipinski definition) is 1. The SMILES string of the molecule is C=CCSc1ccccc1NC(=O)C1CCN(S(=O)(=O)c2ccc(OC)cc2)CC1. The molecule has 2 aromatic rings. The third kappa shape index (κ3) is 5.24. The van der Waals surface area contributed by atoms with Gasteiger partial charge in [0.05, 0.1) is 17.7 Å². The van der Waals surface area contributed by atoms with E-state index in [1.807, 2.05) is 30.3 Å². The van der Waals surface area contributed by atoms with Crippen LogP contribution in [-0.2, 0) is 14.8 Å². The van der Waals surface area contributed by atoms with Crippen molar-refractivity contribution in [3.63, 3.8) is 0 Å². The maximum absolute atomic E-state index is 12.9. The van der Waals surface area contributed by atoms with Gasteiger partial charge in [-0.05, 0) is 49.2 Å². The molecular formula is C22H26N2O4S2. The van der Waals surface area contributed by atoms with E-state index in [9.17, 15) is 13.2 Å². The monoisotopic (exact) mass is 446 g/mol. The van der Waals surface area contributed by atoms with Crippen molar-refractivity contribution < 1.29 is 17.9 Å². The van der Waals surface area contributed by atoms with Crippen molar-refractivity contribution in [2.24, 2.45) is 5.92 Å². The predicted molar refractivity (Wildman–Crippen MR) is 120 cm³/mol. The molecule has 1 aliphatic heterocycles. The molecule has 0 aromatic heterocycles. The van der Waals surface area contributed by atoms with Crippen LogP contribution in [0.1, 0.15) is 12.8 Å². The Balaban J connectivity index is 1.61. The minimum Gasteiger partial charge on any atom is -0.497 e. The van der Waals surface area contributed by atoms with Crippen LogP contribution in [-0.4, -0.2) is 44.6 Å². The molecule has 0 spiro atoms. The molecule has 0 aliphatic carbocycles. The largest absolute Gasteiger partial charge is 0.497 e. The van der Waals surface area contributed by atoms with E-state index in [0.29, 0.717) is 31.7 Å². The smallest absolute Gasteiger partial charge is 0.243 e. The summed E-state index contributed by atoms with van der Waals surface area (Å²) in [6, 6.07) is 14.0. The Morgan fingerprint density at radius 3 is 2.50 bits per heavy atom. The molecule has 1 N–H and O–H groups in total. The van der Waals surface area contributed by atoms with Gasteiger partial charge in [0, 0.05) is 29.7 Å². The van der Waals surface area contributed by atoms with Gasteiger partial charge < -0.3 is 10.1 Å². The predicted octanol–water partition coefficient (Wildman–Crippen LogP) is 4.01. The Morgan fingerprint density at radius 1 is 1.20 bits per heavy atom. The van der Waals surface area contributed by atoms with Crippen LogP contribution < -0.4 is 10.1 Å². The van der Waals surface area contributed by atoms with E-state index < -0.39 is 10.0 Å². The van der Waals surface area contributed by atoms with Gasteiger partial charge in [-0.25, -0.2) is 8.42 Å². The van der Waals surface area contributed by atoms with Crippen LogP contribution in [0.25, 0.3) is 0 Å². The lowest BCUT2D eigenvalue weighted by atomic mass is 9.97. The number of anilines is 1. The van der Waals surface area contributed by atoms with Crippen molar-refractivity contribution >= 4 is 33.4 Å². The minimum atomic E-state index is -3.58. The molecule has 30 heavy (non-hydrogen) atoms. The second kappa shape index (κ2) is 10.1. The molecule has 0 unspecified atom stereocenters. The first-order valence-electron chi connectivity index (χ1n) is 9.73. The van der Waals surface area contributed by atoms with Crippen molar-refractivity contribution in [2.45, 2.75) is 22.6 Å². The maximum Gasteiger partial charge on any atom is 0.243 e. The molecule has 1 saturated heterocycles. The quantitative estimate of drug-likeness (QED) is 0.490. The lowest BCUT2D eigenvalue weighted by Gasteiger charge is -2.30. The van der Waals surface area contributed by atoms with Gasteiger partial charge in [-0.1, -0.05) is 18.2 Å². The number of nitrogens with zero attached hydrogens (tertiary/aromatic N) is 1. The summed E-state index contributed by atoms with van der Waals surface area (Å²) in [5, 5.41) is 3.01. The second-order valence-electron chi connectivity index (χ2n) is 6.94. The Kier molecular flexibility index (Phi) is 7.58. The Labute approximate surface area is 182 Å². The molecular weight excluding hydrogens is 420 g/mol. The highest BCUT2D eigenvalue weighted by Crippen LogP contribution is 2.29. The summed E-state index contributed by atoms with van der Waals surface area (Å²) in [5.41, 5.74) is 0.780. The Hall–Kier alpha value is -2.29. The molecule has 6 nitrogen and oxygen atoms in total. The number of hydrogen-bond acceptors (Lipinski definition) is 5. The van der Waals surface area contributed by atoms with Crippen molar-refractivity contribution in [2.75, 3.05) is 31.3 Å². The van der Waals surface area contributed by atoms with Gasteiger partial charge in [-0.2, -0.15) is 4.31 Å². The number of thioether (sulfide) groups is 1. The van der Waals surface area contributed by atoms with Gasteiger partial charge in [-0.3, -0.25) is 4.79 Å². The number of sulfonamides is 1. The topological polar surface area (TPSA) is 75.7 Å². The number of rotatable bonds is 8. The van der Waals surface area contributed by atoms with E-state index in [-0.39, 0.29) is 16.7 Å². The third-order valence-corrected chi connectivity index (χ3v) is 8.01. The standard InChI is InChI=1S/C22H26N2O4S2/c1-3-16-29-21-7-5-4-6-20(21)23-22(25)17-12-14-24(15-13-17)30(26,27)19-10-8-18(28-2)9-11-19/h3-11,17H,1,12-16H2,2H3,(H,23,25). The van der Waals surface area contributed by atoms with Gasteiger partial charge in [0.2, 0.25) is 15.9 Å². The van der Waals surface area contributed by atoms with E-state index in [1.165, 1.54) is 11.4 Å². The molecule has 1 amide bonds. The van der Waals surface area contributed by atoms with Gasteiger partial charge in [0.1, 0.15) is 5.75 Å². The number of carbonyl (C=O) groups excluding carboxylic acids is 1. The zero-order valence-corrected chi connectivity index (χ0v) is 18.5. The number of methoxy groups -OCH3 is 1. The summed E-state index contributed by atoms with van der Waals surface area (Å²) in [6.07, 6.45) is 2.80. The normalized spacial score (nSPS) is 15.5. The summed E-state index contributed by atoms with van der Waals surface area (Å²) in [5.74, 6) is 1.08. The zero-order valence-electron chi connectivity index (χ0n) is 16.9. The van der Waals surface area contributed by atoms with Crippen molar-refractivity contribution in [3.05, 3.63) is 61.2 Å². The van der Waals surface area contributed by atoms with Crippen molar-refractivity contribution in [1.82, 2.24) is 4.31 Å². The third-order valence-electron chi connectivity index (χ3n) is 5.02. The number of carbonyl (C=O) groups is 1. The van der Waals surface area contributed by atoms with E-state index >= 15 is 0 Å². The van der Waals surface area contributed by atoms with Crippen LogP contribution in [0.2, 0.25) is 0 Å². The van der Waals surface area contributed by atoms with E-state index in [2.05, 4.69) is 11.9 Å². The molecule has 1 heterocycles. The second-order valence-corrected chi connectivity index (χ2v) is 9.94. The van der Waals surface area contributed by atoms with Crippen molar-refractivity contribution in [3.8, 4) is 5.75 Å². The van der Waals surface area contributed by atoms with E-state index in [1.54, 1.807) is 36.0 Å². The van der Waals surface area contributed by atoms with Gasteiger partial charge in [0.15, 0.2) is 0 Å². The molecule has 0 atom stereocenters. The number of ether oxygens (including phenoxy) is 1. The van der Waals surface area contributed by atoms with Crippen LogP contribution in [0.5, 0.6) is 5.75 Å². The minimum absolute atomic E-state index is 0.0665. The fourth-order valence-electron chi connectivity index (χ4n) is 3.33. The number of amides is 1. The Bertz CT molecular complexity index is 982. The lowest BCUT2D eigenvalue weighted by Crippen LogP contribution is -2.41. The van der Waals surface area contributed by atoms with Crippen LogP contribution in [0.15, 0.2) is 71.0 Å². The Morgan fingerprint density at radius 2 is 1.87 bits per heavy atom. The molecule has 8 heteroatoms. The average molecular weight is 447 g/mol. The highest BCUT2D eigenvalue weighted by molar-refractivity contribution is 7.99. The van der Waals surface area contributed by atoms with Crippen LogP contribution in [0.4, 0.5) is 5.69 Å². The summed E-state index contributed by atoms with van der Waals surface area (Å²) >= 11 is 1.61. The van der Waals surface area contributed by atoms with Crippen LogP contribution >= 0.6 is 11.8 Å². The molecule has 0 bridgehead atoms. The molecule has 1 aliphatic rings. The fourth-order valence-corrected chi connectivity index (χ4v) is 5.55. The first kappa shape index (κ1) is 22.4. The molecule has 1 fully saturated rings. The summed E-state index contributed by atoms with van der Waals surface area (Å²) in [4.78, 5) is 14.0. The first-order chi connectivity index (χ1) is 14.5. The average Bonchev–Trinajstić information content (AvgIpc) is 2.78. The molecule has 0 saturated carbocycles. The molecule has 160 valence electrons. The number of benzene rings is 2. The number of piperidine rings is 1. The van der Waals surface area contributed by atoms with Gasteiger partial charge in [-0.15, -0.1) is 18.3 Å².